The van der Waals surface area contributed by atoms with Gasteiger partial charge in [0.05, 0.1) is 6.61 Å². The molecule has 0 fully saturated rings. The summed E-state index contributed by atoms with van der Waals surface area (Å²) in [5.41, 5.74) is 0.619. The summed E-state index contributed by atoms with van der Waals surface area (Å²) in [6.45, 7) is -0.128. The summed E-state index contributed by atoms with van der Waals surface area (Å²) in [5.74, 6) is 0.217. The van der Waals surface area contributed by atoms with E-state index in [1.165, 1.54) is 12.3 Å². The Kier molecular flexibility index (Phi) is 2.60. The standard InChI is InChI=1S/C7H8N2O3/c10-4-5-1-2-8-6(3-5)9-7(11)12/h1-3,10H,4H2,(H,8,9)(H,11,12). The van der Waals surface area contributed by atoms with Gasteiger partial charge in [0.1, 0.15) is 5.82 Å². The van der Waals surface area contributed by atoms with Gasteiger partial charge in [0.2, 0.25) is 0 Å². The highest BCUT2D eigenvalue weighted by atomic mass is 16.4. The molecular formula is C7H8N2O3. The Bertz CT molecular complexity index is 288. The number of nitrogens with zero attached hydrogens (tertiary/aromatic N) is 1. The minimum atomic E-state index is -1.17. The molecule has 0 aliphatic rings. The number of carboxylic acid groups (broad SMARTS) is 1. The molecule has 1 aromatic heterocycles. The summed E-state index contributed by atoms with van der Waals surface area (Å²) in [6.07, 6.45) is 0.259. The molecule has 1 heterocycles. The number of amides is 1. The largest absolute Gasteiger partial charge is 0.465 e. The van der Waals surface area contributed by atoms with Crippen LogP contribution in [0, 0.1) is 0 Å². The lowest BCUT2D eigenvalue weighted by molar-refractivity contribution is 0.209. The lowest BCUT2D eigenvalue weighted by Crippen LogP contribution is -2.08. The summed E-state index contributed by atoms with van der Waals surface area (Å²) in [5, 5.41) is 19.1. The van der Waals surface area contributed by atoms with Crippen molar-refractivity contribution in [3.63, 3.8) is 0 Å². The van der Waals surface area contributed by atoms with Crippen LogP contribution in [-0.2, 0) is 6.61 Å². The van der Waals surface area contributed by atoms with Crippen molar-refractivity contribution >= 4 is 11.9 Å². The zero-order valence-corrected chi connectivity index (χ0v) is 6.19. The molecule has 1 rings (SSSR count). The molecule has 3 N–H and O–H groups in total. The van der Waals surface area contributed by atoms with E-state index in [0.717, 1.165) is 0 Å². The Morgan fingerprint density at radius 1 is 1.67 bits per heavy atom. The van der Waals surface area contributed by atoms with Gasteiger partial charge in [-0.1, -0.05) is 0 Å². The minimum Gasteiger partial charge on any atom is -0.465 e. The Balaban J connectivity index is 2.79. The summed E-state index contributed by atoms with van der Waals surface area (Å²) < 4.78 is 0. The molecule has 0 aliphatic carbocycles. The number of rotatable bonds is 2. The second kappa shape index (κ2) is 3.68. The van der Waals surface area contributed by atoms with Crippen molar-refractivity contribution in [1.29, 1.82) is 0 Å². The second-order valence-corrected chi connectivity index (χ2v) is 2.14. The van der Waals surface area contributed by atoms with E-state index < -0.39 is 6.09 Å². The molecule has 5 nitrogen and oxygen atoms in total. The molecule has 0 bridgehead atoms. The maximum Gasteiger partial charge on any atom is 0.410 e. The highest BCUT2D eigenvalue weighted by molar-refractivity contribution is 5.81. The van der Waals surface area contributed by atoms with E-state index >= 15 is 0 Å². The van der Waals surface area contributed by atoms with Crippen LogP contribution in [0.4, 0.5) is 10.6 Å². The summed E-state index contributed by atoms with van der Waals surface area (Å²) in [4.78, 5) is 13.9. The van der Waals surface area contributed by atoms with Crippen LogP contribution in [0.5, 0.6) is 0 Å². The quantitative estimate of drug-likeness (QED) is 0.605. The van der Waals surface area contributed by atoms with Crippen molar-refractivity contribution in [1.82, 2.24) is 4.98 Å². The molecule has 0 radical (unpaired) electrons. The molecule has 0 saturated carbocycles. The number of aromatic nitrogens is 1. The average Bonchev–Trinajstić information content (AvgIpc) is 2.03. The highest BCUT2D eigenvalue weighted by Crippen LogP contribution is 2.05. The summed E-state index contributed by atoms with van der Waals surface area (Å²) >= 11 is 0. The van der Waals surface area contributed by atoms with Gasteiger partial charge in [-0.25, -0.2) is 9.78 Å². The van der Waals surface area contributed by atoms with Gasteiger partial charge in [-0.15, -0.1) is 0 Å². The first-order valence-corrected chi connectivity index (χ1v) is 3.28. The van der Waals surface area contributed by atoms with E-state index in [9.17, 15) is 4.79 Å². The third-order valence-electron chi connectivity index (χ3n) is 1.24. The van der Waals surface area contributed by atoms with Crippen molar-refractivity contribution in [2.75, 3.05) is 5.32 Å². The van der Waals surface area contributed by atoms with Crippen LogP contribution in [0.1, 0.15) is 5.56 Å². The van der Waals surface area contributed by atoms with Crippen molar-refractivity contribution in [3.8, 4) is 0 Å². The molecule has 0 spiro atoms. The van der Waals surface area contributed by atoms with Crippen LogP contribution in [-0.4, -0.2) is 21.3 Å². The SMILES string of the molecule is O=C(O)Nc1cc(CO)ccn1. The van der Waals surface area contributed by atoms with Gasteiger partial charge < -0.3 is 10.2 Å². The van der Waals surface area contributed by atoms with Crippen LogP contribution in [0.2, 0.25) is 0 Å². The van der Waals surface area contributed by atoms with Crippen molar-refractivity contribution in [2.24, 2.45) is 0 Å². The zero-order valence-electron chi connectivity index (χ0n) is 6.19. The highest BCUT2D eigenvalue weighted by Gasteiger charge is 1.99. The molecular weight excluding hydrogens is 160 g/mol. The number of hydrogen-bond acceptors (Lipinski definition) is 3. The van der Waals surface area contributed by atoms with Gasteiger partial charge in [0.25, 0.3) is 0 Å². The van der Waals surface area contributed by atoms with E-state index in [4.69, 9.17) is 10.2 Å². The first-order chi connectivity index (χ1) is 5.72. The maximum atomic E-state index is 10.2. The maximum absolute atomic E-state index is 10.2. The number of nitrogens with one attached hydrogen (secondary N) is 1. The fourth-order valence-electron chi connectivity index (χ4n) is 0.751. The number of carbonyl (C=O) groups is 1. The van der Waals surface area contributed by atoms with Gasteiger partial charge in [-0.2, -0.15) is 0 Å². The molecule has 1 aromatic rings. The van der Waals surface area contributed by atoms with Crippen molar-refractivity contribution < 1.29 is 15.0 Å². The van der Waals surface area contributed by atoms with E-state index in [1.54, 1.807) is 6.07 Å². The lowest BCUT2D eigenvalue weighted by Gasteiger charge is -2.00. The van der Waals surface area contributed by atoms with E-state index in [1.807, 2.05) is 0 Å². The average molecular weight is 168 g/mol. The van der Waals surface area contributed by atoms with E-state index in [0.29, 0.717) is 5.56 Å². The topological polar surface area (TPSA) is 82.5 Å². The van der Waals surface area contributed by atoms with Crippen LogP contribution >= 0.6 is 0 Å². The van der Waals surface area contributed by atoms with Crippen LogP contribution in [0.25, 0.3) is 0 Å². The molecule has 1 amide bonds. The number of pyridine rings is 1. The first-order valence-electron chi connectivity index (χ1n) is 3.28. The number of aliphatic hydroxyl groups excluding tert-OH is 1. The predicted molar refractivity (Wildman–Crippen MR) is 41.8 cm³/mol. The number of hydrogen-bond donors (Lipinski definition) is 3. The first kappa shape index (κ1) is 8.48. The fraction of sp³-hybridized carbons (Fsp3) is 0.143. The normalized spacial score (nSPS) is 9.42. The summed E-state index contributed by atoms with van der Waals surface area (Å²) in [7, 11) is 0. The third kappa shape index (κ3) is 2.21. The number of anilines is 1. The second-order valence-electron chi connectivity index (χ2n) is 2.14. The van der Waals surface area contributed by atoms with Crippen LogP contribution < -0.4 is 5.32 Å². The predicted octanol–water partition coefficient (Wildman–Crippen LogP) is 0.664. The van der Waals surface area contributed by atoms with Gasteiger partial charge in [0.15, 0.2) is 0 Å². The van der Waals surface area contributed by atoms with Gasteiger partial charge in [-0.05, 0) is 17.7 Å². The van der Waals surface area contributed by atoms with Gasteiger partial charge in [0, 0.05) is 6.20 Å². The molecule has 5 heteroatoms. The van der Waals surface area contributed by atoms with Crippen molar-refractivity contribution in [2.45, 2.75) is 6.61 Å². The van der Waals surface area contributed by atoms with Crippen molar-refractivity contribution in [3.05, 3.63) is 23.9 Å². The van der Waals surface area contributed by atoms with E-state index in [2.05, 4.69) is 10.3 Å². The smallest absolute Gasteiger partial charge is 0.410 e. The Labute approximate surface area is 68.7 Å². The molecule has 0 unspecified atom stereocenters. The molecule has 0 aromatic carbocycles. The lowest BCUT2D eigenvalue weighted by atomic mass is 10.3. The van der Waals surface area contributed by atoms with Gasteiger partial charge >= 0.3 is 6.09 Å². The third-order valence-corrected chi connectivity index (χ3v) is 1.24. The van der Waals surface area contributed by atoms with E-state index in [-0.39, 0.29) is 12.4 Å². The Morgan fingerprint density at radius 3 is 3.00 bits per heavy atom. The van der Waals surface area contributed by atoms with Gasteiger partial charge in [-0.3, -0.25) is 5.32 Å². The molecule has 0 aliphatic heterocycles. The number of aliphatic hydroxyl groups is 1. The molecule has 12 heavy (non-hydrogen) atoms. The molecule has 0 saturated heterocycles. The zero-order chi connectivity index (χ0) is 8.97. The van der Waals surface area contributed by atoms with Crippen LogP contribution in [0.3, 0.4) is 0 Å². The summed E-state index contributed by atoms with van der Waals surface area (Å²) in [6, 6.07) is 3.07. The Morgan fingerprint density at radius 2 is 2.42 bits per heavy atom. The monoisotopic (exact) mass is 168 g/mol. The minimum absolute atomic E-state index is 0.128. The molecule has 64 valence electrons. The molecule has 0 atom stereocenters. The van der Waals surface area contributed by atoms with Crippen LogP contribution in [0.15, 0.2) is 18.3 Å². The fourth-order valence-corrected chi connectivity index (χ4v) is 0.751. The Hall–Kier alpha value is -1.62.